The number of carbonyl (C=O) groups excluding carboxylic acids is 1. The van der Waals surface area contributed by atoms with E-state index >= 15 is 0 Å². The van der Waals surface area contributed by atoms with E-state index in [0.717, 1.165) is 31.7 Å². The molecule has 0 saturated carbocycles. The minimum Gasteiger partial charge on any atom is -0.460 e. The Balaban J connectivity index is 5.31. The number of ether oxygens (including phenoxy) is 2. The Labute approximate surface area is 227 Å². The zero-order valence-corrected chi connectivity index (χ0v) is 29.0. The van der Waals surface area contributed by atoms with Gasteiger partial charge in [0.2, 0.25) is 8.32 Å². The van der Waals surface area contributed by atoms with Gasteiger partial charge in [-0.25, -0.2) is 4.79 Å². The van der Waals surface area contributed by atoms with Crippen molar-refractivity contribution in [1.82, 2.24) is 0 Å². The fourth-order valence-electron chi connectivity index (χ4n) is 5.20. The molecule has 0 aromatic heterocycles. The van der Waals surface area contributed by atoms with E-state index in [9.17, 15) is 4.79 Å². The third-order valence-corrected chi connectivity index (χ3v) is 20.1. The Morgan fingerprint density at radius 3 is 1.86 bits per heavy atom. The van der Waals surface area contributed by atoms with Crippen molar-refractivity contribution < 1.29 is 23.1 Å². The molecule has 0 aromatic rings. The van der Waals surface area contributed by atoms with Crippen molar-refractivity contribution in [3.63, 3.8) is 0 Å². The van der Waals surface area contributed by atoms with Gasteiger partial charge < -0.3 is 18.3 Å². The minimum atomic E-state index is -2.22. The van der Waals surface area contributed by atoms with Gasteiger partial charge in [0, 0.05) is 17.4 Å². The Kier molecular flexibility index (Phi) is 15.3. The van der Waals surface area contributed by atoms with Gasteiger partial charge in [-0.1, -0.05) is 66.3 Å². The summed E-state index contributed by atoms with van der Waals surface area (Å²) in [5.74, 6) is -0.356. The van der Waals surface area contributed by atoms with Crippen molar-refractivity contribution in [2.45, 2.75) is 142 Å². The van der Waals surface area contributed by atoms with Crippen LogP contribution in [0.3, 0.4) is 0 Å². The number of carbonyl (C=O) groups is 1. The summed E-state index contributed by atoms with van der Waals surface area (Å²) >= 11 is 0. The summed E-state index contributed by atoms with van der Waals surface area (Å²) in [6.45, 7) is 32.6. The molecule has 0 aliphatic rings. The SMILES string of the molecule is C=C(C)C(=O)OCCOCCC[Si](C)(C)C(C)(CC)O[Si](C)(C)C(CC)(CC)O[Si](C)(C)CCCC. The van der Waals surface area contributed by atoms with Gasteiger partial charge in [-0.15, -0.1) is 0 Å². The number of hydrogen-bond acceptors (Lipinski definition) is 5. The summed E-state index contributed by atoms with van der Waals surface area (Å²) in [5.41, 5.74) is 0.417. The predicted molar refractivity (Wildman–Crippen MR) is 162 cm³/mol. The number of rotatable bonds is 20. The molecule has 0 fully saturated rings. The summed E-state index contributed by atoms with van der Waals surface area (Å²) in [4.78, 5) is 11.5. The Morgan fingerprint density at radius 1 is 0.806 bits per heavy atom. The maximum Gasteiger partial charge on any atom is 0.333 e. The van der Waals surface area contributed by atoms with E-state index in [-0.39, 0.29) is 23.0 Å². The molecule has 0 aliphatic heterocycles. The lowest BCUT2D eigenvalue weighted by molar-refractivity contribution is -0.140. The van der Waals surface area contributed by atoms with Crippen LogP contribution in [0.2, 0.25) is 51.4 Å². The molecule has 0 saturated heterocycles. The van der Waals surface area contributed by atoms with Gasteiger partial charge in [-0.05, 0) is 71.8 Å². The van der Waals surface area contributed by atoms with E-state index in [0.29, 0.717) is 18.8 Å². The second-order valence-electron chi connectivity index (χ2n) is 12.4. The highest BCUT2D eigenvalue weighted by atomic mass is 28.4. The molecule has 0 aliphatic carbocycles. The second kappa shape index (κ2) is 15.4. The van der Waals surface area contributed by atoms with Crippen molar-refractivity contribution in [1.29, 1.82) is 0 Å². The lowest BCUT2D eigenvalue weighted by Gasteiger charge is -2.54. The first-order valence-electron chi connectivity index (χ1n) is 14.3. The number of hydrogen-bond donors (Lipinski definition) is 0. The van der Waals surface area contributed by atoms with Crippen LogP contribution in [-0.4, -0.2) is 60.9 Å². The maximum absolute atomic E-state index is 11.5. The molecule has 1 atom stereocenters. The van der Waals surface area contributed by atoms with E-state index in [4.69, 9.17) is 18.3 Å². The van der Waals surface area contributed by atoms with Gasteiger partial charge in [-0.2, -0.15) is 0 Å². The van der Waals surface area contributed by atoms with Crippen molar-refractivity contribution in [2.75, 3.05) is 19.8 Å². The lowest BCUT2D eigenvalue weighted by Crippen LogP contribution is -2.67. The molecule has 36 heavy (non-hydrogen) atoms. The third-order valence-electron chi connectivity index (χ3n) is 8.33. The molecule has 0 amide bonds. The van der Waals surface area contributed by atoms with Crippen molar-refractivity contribution in [3.8, 4) is 0 Å². The minimum absolute atomic E-state index is 0.117. The average Bonchev–Trinajstić information content (AvgIpc) is 2.79. The largest absolute Gasteiger partial charge is 0.460 e. The summed E-state index contributed by atoms with van der Waals surface area (Å²) < 4.78 is 25.4. The second-order valence-corrected chi connectivity index (χ2v) is 26.1. The van der Waals surface area contributed by atoms with Gasteiger partial charge in [0.15, 0.2) is 8.32 Å². The zero-order valence-electron chi connectivity index (χ0n) is 26.0. The summed E-state index contributed by atoms with van der Waals surface area (Å²) in [6, 6.07) is 2.35. The van der Waals surface area contributed by atoms with E-state index in [1.165, 1.54) is 18.9 Å². The highest BCUT2D eigenvalue weighted by Gasteiger charge is 2.55. The first-order valence-corrected chi connectivity index (χ1v) is 23.5. The number of unbranched alkanes of at least 4 members (excludes halogenated alkanes) is 1. The molecular weight excluding hydrogens is 501 g/mol. The van der Waals surface area contributed by atoms with Crippen molar-refractivity contribution in [2.24, 2.45) is 0 Å². The van der Waals surface area contributed by atoms with E-state index in [1.807, 2.05) is 0 Å². The molecule has 0 radical (unpaired) electrons. The van der Waals surface area contributed by atoms with E-state index in [2.05, 4.69) is 80.5 Å². The molecule has 214 valence electrons. The highest BCUT2D eigenvalue weighted by molar-refractivity contribution is 6.82. The van der Waals surface area contributed by atoms with Crippen LogP contribution < -0.4 is 0 Å². The molecule has 0 heterocycles. The van der Waals surface area contributed by atoms with Gasteiger partial charge in [0.1, 0.15) is 6.61 Å². The Morgan fingerprint density at radius 2 is 1.39 bits per heavy atom. The third kappa shape index (κ3) is 10.5. The van der Waals surface area contributed by atoms with Crippen LogP contribution in [0.4, 0.5) is 0 Å². The summed E-state index contributed by atoms with van der Waals surface area (Å²) in [6.07, 6.45) is 6.50. The fourth-order valence-corrected chi connectivity index (χ4v) is 17.2. The van der Waals surface area contributed by atoms with Crippen LogP contribution in [0, 0.1) is 0 Å². The molecule has 8 heteroatoms. The molecule has 0 N–H and O–H groups in total. The summed E-state index contributed by atoms with van der Waals surface area (Å²) in [5, 5.41) is -0.268. The highest BCUT2D eigenvalue weighted by Crippen LogP contribution is 2.42. The van der Waals surface area contributed by atoms with Crippen LogP contribution in [-0.2, 0) is 23.1 Å². The molecule has 0 bridgehead atoms. The predicted octanol–water partition coefficient (Wildman–Crippen LogP) is 8.27. The van der Waals surface area contributed by atoms with Gasteiger partial charge >= 0.3 is 5.97 Å². The van der Waals surface area contributed by atoms with Crippen LogP contribution in [0.15, 0.2) is 12.2 Å². The van der Waals surface area contributed by atoms with E-state index < -0.39 is 24.7 Å². The average molecular weight is 561 g/mol. The summed E-state index contributed by atoms with van der Waals surface area (Å²) in [7, 11) is -5.76. The van der Waals surface area contributed by atoms with E-state index in [1.54, 1.807) is 6.92 Å². The zero-order chi connectivity index (χ0) is 28.3. The molecule has 0 spiro atoms. The monoisotopic (exact) mass is 560 g/mol. The number of esters is 1. The molecule has 5 nitrogen and oxygen atoms in total. The van der Waals surface area contributed by atoms with Crippen molar-refractivity contribution >= 4 is 30.7 Å². The van der Waals surface area contributed by atoms with Gasteiger partial charge in [0.05, 0.1) is 19.9 Å². The first kappa shape index (κ1) is 35.7. The normalized spacial score (nSPS) is 15.0. The topological polar surface area (TPSA) is 54.0 Å². The first-order chi connectivity index (χ1) is 16.5. The smallest absolute Gasteiger partial charge is 0.333 e. The fraction of sp³-hybridized carbons (Fsp3) is 0.893. The maximum atomic E-state index is 11.5. The van der Waals surface area contributed by atoms with Crippen LogP contribution >= 0.6 is 0 Å². The Bertz CT molecular complexity index is 674. The van der Waals surface area contributed by atoms with Gasteiger partial charge in [-0.3, -0.25) is 0 Å². The molecule has 0 rings (SSSR count). The standard InChI is InChI=1S/C28H60O5Si3/c1-14-18-24-35(10,11)33-28(16-3,17-4)36(12,13)32-27(7,15-2)34(8,9)23-19-20-30-21-22-31-26(29)25(5)6/h5,14-24H2,1-4,6-13H3. The molecule has 1 unspecified atom stereocenters. The lowest BCUT2D eigenvalue weighted by atomic mass is 10.2. The van der Waals surface area contributed by atoms with Gasteiger partial charge in [0.25, 0.3) is 0 Å². The quantitative estimate of drug-likeness (QED) is 0.0649. The van der Waals surface area contributed by atoms with Crippen LogP contribution in [0.5, 0.6) is 0 Å². The molecular formula is C28H60O5Si3. The van der Waals surface area contributed by atoms with Crippen LogP contribution in [0.25, 0.3) is 0 Å². The van der Waals surface area contributed by atoms with Crippen LogP contribution in [0.1, 0.15) is 80.1 Å². The van der Waals surface area contributed by atoms with Crippen molar-refractivity contribution in [3.05, 3.63) is 12.2 Å². The Hall–Kier alpha value is -0.259. The molecule has 0 aromatic carbocycles.